The number of benzene rings is 1. The van der Waals surface area contributed by atoms with Gasteiger partial charge in [0, 0.05) is 13.1 Å². The number of likely N-dealkylation sites (N-methyl/N-ethyl adjacent to an activating group) is 1. The molecule has 6 nitrogen and oxygen atoms in total. The van der Waals surface area contributed by atoms with E-state index in [9.17, 15) is 13.2 Å². The first-order valence-electron chi connectivity index (χ1n) is 6.15. The lowest BCUT2D eigenvalue weighted by molar-refractivity contribution is -0.133. The molecule has 0 aliphatic carbocycles. The summed E-state index contributed by atoms with van der Waals surface area (Å²) in [6.45, 7) is 5.26. The van der Waals surface area contributed by atoms with Crippen LogP contribution in [0, 0.1) is 6.92 Å². The first-order chi connectivity index (χ1) is 9.12. The maximum Gasteiger partial charge on any atom is 0.260 e. The second-order valence-electron chi connectivity index (χ2n) is 4.88. The molecular formula is C13H20N2O4S. The maximum absolute atomic E-state index is 11.8. The Kier molecular flexibility index (Phi) is 5.13. The van der Waals surface area contributed by atoms with Gasteiger partial charge in [-0.3, -0.25) is 4.79 Å². The van der Waals surface area contributed by atoms with E-state index >= 15 is 0 Å². The van der Waals surface area contributed by atoms with Crippen LogP contribution in [0.15, 0.2) is 23.1 Å². The standard InChI is InChI=1S/C13H20N2O4S/c1-9(2)15(4)13(16)8-19-11-6-5-10(3)7-12(11)20(14,17)18/h5-7,9H,8H2,1-4H3,(H2,14,17,18). The quantitative estimate of drug-likeness (QED) is 0.874. The van der Waals surface area contributed by atoms with Crippen molar-refractivity contribution >= 4 is 15.9 Å². The average molecular weight is 300 g/mol. The minimum Gasteiger partial charge on any atom is -0.482 e. The summed E-state index contributed by atoms with van der Waals surface area (Å²) in [7, 11) is -2.23. The zero-order valence-corrected chi connectivity index (χ0v) is 12.9. The number of nitrogens with zero attached hydrogens (tertiary/aromatic N) is 1. The summed E-state index contributed by atoms with van der Waals surface area (Å²) in [5.41, 5.74) is 0.743. The minimum atomic E-state index is -3.89. The number of ether oxygens (including phenoxy) is 1. The van der Waals surface area contributed by atoms with Crippen molar-refractivity contribution in [2.45, 2.75) is 31.7 Å². The van der Waals surface area contributed by atoms with Crippen LogP contribution in [0.25, 0.3) is 0 Å². The Morgan fingerprint density at radius 3 is 2.50 bits per heavy atom. The van der Waals surface area contributed by atoms with Crippen molar-refractivity contribution in [2.24, 2.45) is 5.14 Å². The van der Waals surface area contributed by atoms with Crippen LogP contribution in [0.5, 0.6) is 5.75 Å². The number of nitrogens with two attached hydrogens (primary N) is 1. The lowest BCUT2D eigenvalue weighted by Crippen LogP contribution is -2.36. The van der Waals surface area contributed by atoms with Crippen LogP contribution in [0.3, 0.4) is 0 Å². The van der Waals surface area contributed by atoms with E-state index < -0.39 is 10.0 Å². The third kappa shape index (κ3) is 4.21. The molecule has 0 bridgehead atoms. The van der Waals surface area contributed by atoms with Gasteiger partial charge in [0.1, 0.15) is 10.6 Å². The molecule has 1 aromatic carbocycles. The molecule has 0 atom stereocenters. The van der Waals surface area contributed by atoms with Crippen LogP contribution in [0.1, 0.15) is 19.4 Å². The number of aryl methyl sites for hydroxylation is 1. The second kappa shape index (κ2) is 6.23. The Hall–Kier alpha value is -1.60. The molecule has 0 radical (unpaired) electrons. The number of amides is 1. The highest BCUT2D eigenvalue weighted by atomic mass is 32.2. The Morgan fingerprint density at radius 2 is 2.00 bits per heavy atom. The molecule has 0 spiro atoms. The van der Waals surface area contributed by atoms with Gasteiger partial charge in [-0.05, 0) is 38.5 Å². The van der Waals surface area contributed by atoms with Crippen molar-refractivity contribution in [1.29, 1.82) is 0 Å². The zero-order valence-electron chi connectivity index (χ0n) is 12.1. The summed E-state index contributed by atoms with van der Waals surface area (Å²) >= 11 is 0. The number of primary sulfonamides is 1. The topological polar surface area (TPSA) is 89.7 Å². The third-order valence-corrected chi connectivity index (χ3v) is 3.86. The van der Waals surface area contributed by atoms with Crippen molar-refractivity contribution in [2.75, 3.05) is 13.7 Å². The molecule has 2 N–H and O–H groups in total. The summed E-state index contributed by atoms with van der Waals surface area (Å²) in [6, 6.07) is 4.65. The molecule has 0 aliphatic heterocycles. The molecule has 112 valence electrons. The van der Waals surface area contributed by atoms with Crippen LogP contribution in [-0.2, 0) is 14.8 Å². The Balaban J connectivity index is 2.92. The molecule has 1 rings (SSSR count). The molecule has 0 aliphatic rings. The van der Waals surface area contributed by atoms with Gasteiger partial charge in [0.25, 0.3) is 5.91 Å². The number of carbonyl (C=O) groups excluding carboxylic acids is 1. The molecule has 0 saturated carbocycles. The number of hydrogen-bond acceptors (Lipinski definition) is 4. The largest absolute Gasteiger partial charge is 0.482 e. The van der Waals surface area contributed by atoms with Gasteiger partial charge < -0.3 is 9.64 Å². The average Bonchev–Trinajstić information content (AvgIpc) is 2.34. The lowest BCUT2D eigenvalue weighted by atomic mass is 10.2. The zero-order chi connectivity index (χ0) is 15.5. The van der Waals surface area contributed by atoms with Crippen LogP contribution < -0.4 is 9.88 Å². The molecule has 0 heterocycles. The fourth-order valence-corrected chi connectivity index (χ4v) is 2.24. The van der Waals surface area contributed by atoms with E-state index in [1.54, 1.807) is 20.0 Å². The summed E-state index contributed by atoms with van der Waals surface area (Å²) < 4.78 is 28.3. The Morgan fingerprint density at radius 1 is 1.40 bits per heavy atom. The maximum atomic E-state index is 11.8. The Labute approximate surface area is 119 Å². The predicted octanol–water partition coefficient (Wildman–Crippen LogP) is 0.888. The van der Waals surface area contributed by atoms with E-state index in [2.05, 4.69) is 0 Å². The van der Waals surface area contributed by atoms with Crippen LogP contribution in [-0.4, -0.2) is 38.9 Å². The highest BCUT2D eigenvalue weighted by Crippen LogP contribution is 2.23. The van der Waals surface area contributed by atoms with Crippen LogP contribution >= 0.6 is 0 Å². The van der Waals surface area contributed by atoms with Gasteiger partial charge >= 0.3 is 0 Å². The lowest BCUT2D eigenvalue weighted by Gasteiger charge is -2.21. The molecule has 7 heteroatoms. The van der Waals surface area contributed by atoms with Gasteiger partial charge in [-0.25, -0.2) is 13.6 Å². The highest BCUT2D eigenvalue weighted by molar-refractivity contribution is 7.89. The fraction of sp³-hybridized carbons (Fsp3) is 0.462. The van der Waals surface area contributed by atoms with Crippen molar-refractivity contribution in [3.05, 3.63) is 23.8 Å². The monoisotopic (exact) mass is 300 g/mol. The van der Waals surface area contributed by atoms with E-state index in [1.807, 2.05) is 13.8 Å². The summed E-state index contributed by atoms with van der Waals surface area (Å²) in [5.74, 6) is -0.149. The number of sulfonamides is 1. The molecule has 20 heavy (non-hydrogen) atoms. The van der Waals surface area contributed by atoms with Gasteiger partial charge in [0.15, 0.2) is 6.61 Å². The molecule has 0 saturated heterocycles. The van der Waals surface area contributed by atoms with Crippen LogP contribution in [0.2, 0.25) is 0 Å². The molecule has 0 fully saturated rings. The van der Waals surface area contributed by atoms with Gasteiger partial charge in [-0.2, -0.15) is 0 Å². The van der Waals surface area contributed by atoms with Gasteiger partial charge in [0.05, 0.1) is 0 Å². The molecular weight excluding hydrogens is 280 g/mol. The highest BCUT2D eigenvalue weighted by Gasteiger charge is 2.18. The van der Waals surface area contributed by atoms with E-state index in [0.29, 0.717) is 0 Å². The first kappa shape index (κ1) is 16.5. The van der Waals surface area contributed by atoms with Gasteiger partial charge in [-0.1, -0.05) is 6.07 Å². The minimum absolute atomic E-state index is 0.0434. The van der Waals surface area contributed by atoms with E-state index in [1.165, 1.54) is 17.0 Å². The summed E-state index contributed by atoms with van der Waals surface area (Å²) in [5, 5.41) is 5.14. The van der Waals surface area contributed by atoms with Crippen LogP contribution in [0.4, 0.5) is 0 Å². The second-order valence-corrected chi connectivity index (χ2v) is 6.41. The number of hydrogen-bond donors (Lipinski definition) is 1. The number of carbonyl (C=O) groups is 1. The van der Waals surface area contributed by atoms with E-state index in [4.69, 9.17) is 9.88 Å². The van der Waals surface area contributed by atoms with Crippen molar-refractivity contribution in [3.8, 4) is 5.75 Å². The van der Waals surface area contributed by atoms with Gasteiger partial charge in [0.2, 0.25) is 10.0 Å². The van der Waals surface area contributed by atoms with Crippen molar-refractivity contribution in [3.63, 3.8) is 0 Å². The van der Waals surface area contributed by atoms with Gasteiger partial charge in [-0.15, -0.1) is 0 Å². The summed E-state index contributed by atoms with van der Waals surface area (Å²) in [4.78, 5) is 13.2. The normalized spacial score (nSPS) is 11.5. The fourth-order valence-electron chi connectivity index (χ4n) is 1.49. The molecule has 0 unspecified atom stereocenters. The smallest absolute Gasteiger partial charge is 0.260 e. The first-order valence-corrected chi connectivity index (χ1v) is 7.69. The molecule has 1 aromatic rings. The SMILES string of the molecule is Cc1ccc(OCC(=O)N(C)C(C)C)c(S(N)(=O)=O)c1. The van der Waals surface area contributed by atoms with Crippen molar-refractivity contribution in [1.82, 2.24) is 4.90 Å². The van der Waals surface area contributed by atoms with E-state index in [-0.39, 0.29) is 29.2 Å². The number of rotatable bonds is 5. The Bertz CT molecular complexity index is 596. The third-order valence-electron chi connectivity index (χ3n) is 2.92. The summed E-state index contributed by atoms with van der Waals surface area (Å²) in [6.07, 6.45) is 0. The van der Waals surface area contributed by atoms with E-state index in [0.717, 1.165) is 5.56 Å². The molecule has 1 amide bonds. The molecule has 0 aromatic heterocycles. The van der Waals surface area contributed by atoms with Crippen molar-refractivity contribution < 1.29 is 17.9 Å². The predicted molar refractivity (Wildman–Crippen MR) is 76.0 cm³/mol.